The third kappa shape index (κ3) is 5.08. The van der Waals surface area contributed by atoms with Crippen molar-refractivity contribution in [2.45, 2.75) is 103 Å². The highest BCUT2D eigenvalue weighted by atomic mass is 14.5. The lowest BCUT2D eigenvalue weighted by Crippen LogP contribution is -2.16. The molecule has 6 aliphatic carbocycles. The van der Waals surface area contributed by atoms with Crippen molar-refractivity contribution in [2.75, 3.05) is 0 Å². The molecular weight excluding hydrogens is 432 g/mol. The van der Waals surface area contributed by atoms with Crippen molar-refractivity contribution in [2.24, 2.45) is 47.3 Å². The fraction of sp³-hybridized carbons (Fsp3) is 0.667. The minimum absolute atomic E-state index is 0.720. The molecule has 0 N–H and O–H groups in total. The van der Waals surface area contributed by atoms with Gasteiger partial charge in [0.1, 0.15) is 0 Å². The Morgan fingerprint density at radius 1 is 0.500 bits per heavy atom. The molecule has 194 valence electrons. The smallest absolute Gasteiger partial charge is 0.00170 e. The number of unbranched alkanes of at least 4 members (excludes halogenated alkanes) is 1. The van der Waals surface area contributed by atoms with Crippen molar-refractivity contribution < 1.29 is 0 Å². The Morgan fingerprint density at radius 3 is 1.44 bits per heavy atom. The Morgan fingerprint density at radius 2 is 0.944 bits per heavy atom. The van der Waals surface area contributed by atoms with Crippen LogP contribution in [-0.4, -0.2) is 0 Å². The largest absolute Gasteiger partial charge is 0.0844 e. The van der Waals surface area contributed by atoms with Gasteiger partial charge in [-0.1, -0.05) is 123 Å². The van der Waals surface area contributed by atoms with Gasteiger partial charge in [-0.05, 0) is 86.9 Å². The lowest BCUT2D eigenvalue weighted by molar-refractivity contribution is 0.294. The van der Waals surface area contributed by atoms with E-state index in [-0.39, 0.29) is 0 Å². The van der Waals surface area contributed by atoms with Gasteiger partial charge in [-0.25, -0.2) is 0 Å². The van der Waals surface area contributed by atoms with E-state index in [9.17, 15) is 0 Å². The van der Waals surface area contributed by atoms with Crippen LogP contribution in [0, 0.1) is 47.3 Å². The second-order valence-electron chi connectivity index (χ2n) is 13.0. The average Bonchev–Trinajstić information content (AvgIpc) is 3.17. The summed E-state index contributed by atoms with van der Waals surface area (Å²) in [6, 6.07) is 0. The first kappa shape index (κ1) is 24.8. The highest BCUT2D eigenvalue weighted by molar-refractivity contribution is 5.33. The van der Waals surface area contributed by atoms with E-state index in [4.69, 9.17) is 0 Å². The molecule has 0 aliphatic heterocycles. The van der Waals surface area contributed by atoms with Crippen LogP contribution in [-0.2, 0) is 0 Å². The van der Waals surface area contributed by atoms with E-state index in [2.05, 4.69) is 60.8 Å². The molecule has 0 aromatic carbocycles. The summed E-state index contributed by atoms with van der Waals surface area (Å²) in [6.45, 7) is 0. The van der Waals surface area contributed by atoms with E-state index in [0.29, 0.717) is 0 Å². The molecule has 0 radical (unpaired) electrons. The lowest BCUT2D eigenvalue weighted by atomic mass is 9.80. The zero-order valence-electron chi connectivity index (χ0n) is 22.7. The van der Waals surface area contributed by atoms with Gasteiger partial charge in [0.25, 0.3) is 0 Å². The maximum absolute atomic E-state index is 2.70. The summed E-state index contributed by atoms with van der Waals surface area (Å²) in [5.74, 6) is 6.39. The first-order valence-corrected chi connectivity index (χ1v) is 16.0. The summed E-state index contributed by atoms with van der Waals surface area (Å²) in [7, 11) is 0. The van der Waals surface area contributed by atoms with E-state index in [1.54, 1.807) is 0 Å². The maximum Gasteiger partial charge on any atom is 0.00170 e. The lowest BCUT2D eigenvalue weighted by Gasteiger charge is -2.24. The maximum atomic E-state index is 2.70. The van der Waals surface area contributed by atoms with Crippen LogP contribution in [0.4, 0.5) is 0 Å². The molecule has 8 atom stereocenters. The van der Waals surface area contributed by atoms with Crippen molar-refractivity contribution in [3.8, 4) is 0 Å². The summed E-state index contributed by atoms with van der Waals surface area (Å²) >= 11 is 0. The number of rotatable bonds is 5. The average molecular weight is 483 g/mol. The molecule has 0 spiro atoms. The fourth-order valence-electron chi connectivity index (χ4n) is 9.38. The first-order chi connectivity index (χ1) is 17.9. The predicted octanol–water partition coefficient (Wildman–Crippen LogP) is 10.3. The van der Waals surface area contributed by atoms with Crippen LogP contribution in [0.25, 0.3) is 0 Å². The van der Waals surface area contributed by atoms with Gasteiger partial charge < -0.3 is 0 Å². The van der Waals surface area contributed by atoms with Gasteiger partial charge in [0.2, 0.25) is 0 Å². The number of allylic oxidation sites excluding steroid dienone is 12. The SMILES string of the molecule is C1=CC2/C3=C/CCCCCCC3C(C=C1)C2CCCCC1C2C=CC=CC1C1CCCCCC/C=C/21. The number of hydrogen-bond acceptors (Lipinski definition) is 0. The van der Waals surface area contributed by atoms with Crippen molar-refractivity contribution >= 4 is 0 Å². The van der Waals surface area contributed by atoms with E-state index < -0.39 is 0 Å². The number of hydrogen-bond donors (Lipinski definition) is 0. The predicted molar refractivity (Wildman–Crippen MR) is 155 cm³/mol. The minimum atomic E-state index is 0.720. The summed E-state index contributed by atoms with van der Waals surface area (Å²) in [5.41, 5.74) is 3.67. The van der Waals surface area contributed by atoms with Gasteiger partial charge in [-0.3, -0.25) is 0 Å². The van der Waals surface area contributed by atoms with Crippen LogP contribution < -0.4 is 0 Å². The quantitative estimate of drug-likeness (QED) is 0.270. The molecule has 0 amide bonds. The molecule has 0 nitrogen and oxygen atoms in total. The van der Waals surface area contributed by atoms with Gasteiger partial charge >= 0.3 is 0 Å². The number of fused-ring (bicyclic) bond motifs is 10. The van der Waals surface area contributed by atoms with Gasteiger partial charge in [0.05, 0.1) is 0 Å². The Bertz CT molecular complexity index is 846. The molecule has 0 heterocycles. The second kappa shape index (κ2) is 11.9. The Balaban J connectivity index is 1.11. The van der Waals surface area contributed by atoms with Crippen LogP contribution >= 0.6 is 0 Å². The third-order valence-electron chi connectivity index (χ3n) is 11.0. The molecule has 8 unspecified atom stereocenters. The van der Waals surface area contributed by atoms with E-state index in [1.807, 2.05) is 11.1 Å². The van der Waals surface area contributed by atoms with Crippen LogP contribution in [0.2, 0.25) is 0 Å². The van der Waals surface area contributed by atoms with Gasteiger partial charge in [-0.15, -0.1) is 0 Å². The van der Waals surface area contributed by atoms with Crippen LogP contribution in [0.5, 0.6) is 0 Å². The summed E-state index contributed by atoms with van der Waals surface area (Å²) in [6.07, 6.45) is 47.9. The normalized spacial score (nSPS) is 42.7. The molecule has 0 aromatic heterocycles. The van der Waals surface area contributed by atoms with Gasteiger partial charge in [0, 0.05) is 11.8 Å². The Labute approximate surface area is 221 Å². The second-order valence-corrected chi connectivity index (χ2v) is 13.0. The summed E-state index contributed by atoms with van der Waals surface area (Å²) < 4.78 is 0. The zero-order chi connectivity index (χ0) is 24.2. The standard InChI is InChI=1S/C36H50/c1-3-7-17-27-28(18-8-4-1)32-22-12-11-21-31(27)35(32)25-15-16-26-36-33-23-13-14-24-34(36)30-20-10-6-2-5-9-19-29(30)33/h11-14,17,19,21-24,28,30-36H,1-10,15-16,18,20,25-26H2/b27-17+,29-19+. The van der Waals surface area contributed by atoms with Crippen LogP contribution in [0.15, 0.2) is 71.9 Å². The Hall–Kier alpha value is -1.56. The summed E-state index contributed by atoms with van der Waals surface area (Å²) in [4.78, 5) is 0. The van der Waals surface area contributed by atoms with Crippen molar-refractivity contribution in [3.05, 3.63) is 71.9 Å². The fourth-order valence-corrected chi connectivity index (χ4v) is 9.38. The molecule has 0 aromatic rings. The van der Waals surface area contributed by atoms with Gasteiger partial charge in [-0.2, -0.15) is 0 Å². The molecule has 4 bridgehead atoms. The molecule has 6 rings (SSSR count). The molecule has 36 heavy (non-hydrogen) atoms. The summed E-state index contributed by atoms with van der Waals surface area (Å²) in [5, 5.41) is 0. The highest BCUT2D eigenvalue weighted by Crippen LogP contribution is 2.54. The van der Waals surface area contributed by atoms with Crippen molar-refractivity contribution in [1.82, 2.24) is 0 Å². The van der Waals surface area contributed by atoms with E-state index in [1.165, 1.54) is 103 Å². The van der Waals surface area contributed by atoms with Crippen LogP contribution in [0.3, 0.4) is 0 Å². The monoisotopic (exact) mass is 482 g/mol. The zero-order valence-corrected chi connectivity index (χ0v) is 22.7. The minimum Gasteiger partial charge on any atom is -0.0844 e. The van der Waals surface area contributed by atoms with Crippen LogP contribution in [0.1, 0.15) is 103 Å². The molecule has 0 saturated heterocycles. The highest BCUT2D eigenvalue weighted by Gasteiger charge is 2.45. The van der Waals surface area contributed by atoms with Crippen molar-refractivity contribution in [1.29, 1.82) is 0 Å². The van der Waals surface area contributed by atoms with Gasteiger partial charge in [0.15, 0.2) is 0 Å². The molecule has 2 fully saturated rings. The third-order valence-corrected chi connectivity index (χ3v) is 11.0. The Kier molecular flexibility index (Phi) is 8.17. The molecule has 0 heteroatoms. The van der Waals surface area contributed by atoms with E-state index in [0.717, 1.165) is 47.3 Å². The van der Waals surface area contributed by atoms with Crippen molar-refractivity contribution in [3.63, 3.8) is 0 Å². The topological polar surface area (TPSA) is 0 Å². The molecule has 2 saturated carbocycles. The molecular formula is C36H50. The van der Waals surface area contributed by atoms with E-state index >= 15 is 0 Å². The first-order valence-electron chi connectivity index (χ1n) is 16.0. The molecule has 6 aliphatic rings.